The van der Waals surface area contributed by atoms with Crippen molar-refractivity contribution >= 4 is 0 Å². The first-order valence-electron chi connectivity index (χ1n) is 5.56. The van der Waals surface area contributed by atoms with Gasteiger partial charge >= 0.3 is 0 Å². The van der Waals surface area contributed by atoms with Crippen molar-refractivity contribution in [1.82, 2.24) is 20.3 Å². The maximum atomic E-state index is 13.6. The minimum Gasteiger partial charge on any atom is -0.313 e. The number of benzene rings is 1. The van der Waals surface area contributed by atoms with Crippen LogP contribution in [0.1, 0.15) is 12.5 Å². The van der Waals surface area contributed by atoms with Gasteiger partial charge in [-0.05, 0) is 24.7 Å². The molecule has 1 aromatic carbocycles. The van der Waals surface area contributed by atoms with Gasteiger partial charge in [-0.3, -0.25) is 0 Å². The van der Waals surface area contributed by atoms with Crippen molar-refractivity contribution in [2.45, 2.75) is 13.5 Å². The molecule has 0 radical (unpaired) electrons. The second-order valence-electron chi connectivity index (χ2n) is 3.83. The lowest BCUT2D eigenvalue weighted by Crippen LogP contribution is -2.13. The fraction of sp³-hybridized carbons (Fsp3) is 0.333. The van der Waals surface area contributed by atoms with Crippen LogP contribution in [0.4, 0.5) is 4.39 Å². The molecule has 0 saturated heterocycles. The van der Waals surface area contributed by atoms with Crippen LogP contribution in [0.25, 0.3) is 11.3 Å². The van der Waals surface area contributed by atoms with Gasteiger partial charge in [0.05, 0.1) is 11.9 Å². The Bertz CT molecular complexity index is 507. The summed E-state index contributed by atoms with van der Waals surface area (Å²) in [7, 11) is 1.82. The maximum Gasteiger partial charge on any atom is 0.127 e. The van der Waals surface area contributed by atoms with Crippen LogP contribution in [-0.2, 0) is 13.6 Å². The van der Waals surface area contributed by atoms with Crippen LogP contribution in [0, 0.1) is 5.82 Å². The molecule has 0 aliphatic heterocycles. The molecule has 17 heavy (non-hydrogen) atoms. The molecule has 0 unspecified atom stereocenters. The Labute approximate surface area is 99.5 Å². The van der Waals surface area contributed by atoms with E-state index in [-0.39, 0.29) is 5.82 Å². The molecule has 0 spiro atoms. The van der Waals surface area contributed by atoms with Crippen molar-refractivity contribution in [2.75, 3.05) is 6.54 Å². The quantitative estimate of drug-likeness (QED) is 0.876. The zero-order valence-corrected chi connectivity index (χ0v) is 9.94. The number of nitrogens with zero attached hydrogens (tertiary/aromatic N) is 3. The molecule has 1 aromatic heterocycles. The van der Waals surface area contributed by atoms with Crippen molar-refractivity contribution in [3.8, 4) is 11.3 Å². The van der Waals surface area contributed by atoms with Gasteiger partial charge in [-0.15, -0.1) is 5.10 Å². The molecule has 0 fully saturated rings. The first-order valence-corrected chi connectivity index (χ1v) is 5.56. The van der Waals surface area contributed by atoms with Gasteiger partial charge in [0.15, 0.2) is 0 Å². The summed E-state index contributed by atoms with van der Waals surface area (Å²) < 4.78 is 15.2. The Morgan fingerprint density at radius 3 is 2.88 bits per heavy atom. The Hall–Kier alpha value is -1.75. The van der Waals surface area contributed by atoms with Gasteiger partial charge < -0.3 is 5.32 Å². The van der Waals surface area contributed by atoms with E-state index in [2.05, 4.69) is 15.6 Å². The summed E-state index contributed by atoms with van der Waals surface area (Å²) in [6, 6.07) is 5.05. The number of hydrogen-bond acceptors (Lipinski definition) is 3. The highest BCUT2D eigenvalue weighted by molar-refractivity contribution is 5.59. The van der Waals surface area contributed by atoms with E-state index >= 15 is 0 Å². The van der Waals surface area contributed by atoms with Crippen LogP contribution in [0.5, 0.6) is 0 Å². The number of rotatable bonds is 4. The highest BCUT2D eigenvalue weighted by atomic mass is 19.1. The summed E-state index contributed by atoms with van der Waals surface area (Å²) in [5.41, 5.74) is 2.46. The van der Waals surface area contributed by atoms with Gasteiger partial charge in [0, 0.05) is 24.7 Å². The summed E-state index contributed by atoms with van der Waals surface area (Å²) in [5, 5.41) is 10.8. The van der Waals surface area contributed by atoms with Gasteiger partial charge in [-0.1, -0.05) is 12.1 Å². The predicted octanol–water partition coefficient (Wildman–Crippen LogP) is 1.73. The van der Waals surface area contributed by atoms with E-state index < -0.39 is 0 Å². The number of nitrogens with one attached hydrogen (secondary N) is 1. The van der Waals surface area contributed by atoms with Crippen molar-refractivity contribution in [3.05, 3.63) is 35.8 Å². The van der Waals surface area contributed by atoms with E-state index in [1.54, 1.807) is 16.9 Å². The second kappa shape index (κ2) is 5.05. The highest BCUT2D eigenvalue weighted by Crippen LogP contribution is 2.20. The van der Waals surface area contributed by atoms with Crippen LogP contribution in [0.3, 0.4) is 0 Å². The Morgan fingerprint density at radius 2 is 2.24 bits per heavy atom. The zero-order chi connectivity index (χ0) is 12.3. The molecule has 2 aromatic rings. The molecule has 1 heterocycles. The fourth-order valence-electron chi connectivity index (χ4n) is 1.68. The average Bonchev–Trinajstić information content (AvgIpc) is 2.75. The van der Waals surface area contributed by atoms with Crippen molar-refractivity contribution in [2.24, 2.45) is 7.05 Å². The molecule has 0 atom stereocenters. The van der Waals surface area contributed by atoms with Crippen LogP contribution in [-0.4, -0.2) is 21.5 Å². The van der Waals surface area contributed by atoms with Gasteiger partial charge in [0.25, 0.3) is 0 Å². The number of aryl methyl sites for hydroxylation is 1. The summed E-state index contributed by atoms with van der Waals surface area (Å²) in [5.74, 6) is -0.190. The largest absolute Gasteiger partial charge is 0.313 e. The molecule has 1 N–H and O–H groups in total. The number of halogens is 1. The average molecular weight is 234 g/mol. The van der Waals surface area contributed by atoms with Gasteiger partial charge in [0.1, 0.15) is 5.82 Å². The molecule has 4 nitrogen and oxygen atoms in total. The molecule has 5 heteroatoms. The van der Waals surface area contributed by atoms with E-state index in [1.165, 1.54) is 6.07 Å². The van der Waals surface area contributed by atoms with E-state index in [4.69, 9.17) is 0 Å². The van der Waals surface area contributed by atoms with Crippen LogP contribution in [0.2, 0.25) is 0 Å². The summed E-state index contributed by atoms with van der Waals surface area (Å²) in [4.78, 5) is 0. The SMILES string of the molecule is CCNCc1cc(-c2cnnn2C)ccc1F. The first-order chi connectivity index (χ1) is 8.22. The highest BCUT2D eigenvalue weighted by Gasteiger charge is 2.07. The maximum absolute atomic E-state index is 13.6. The summed E-state index contributed by atoms with van der Waals surface area (Å²) in [6.07, 6.45) is 1.67. The third-order valence-electron chi connectivity index (χ3n) is 2.62. The lowest BCUT2D eigenvalue weighted by molar-refractivity contribution is 0.593. The third-order valence-corrected chi connectivity index (χ3v) is 2.62. The van der Waals surface area contributed by atoms with Crippen LogP contribution >= 0.6 is 0 Å². The predicted molar refractivity (Wildman–Crippen MR) is 63.8 cm³/mol. The van der Waals surface area contributed by atoms with E-state index in [0.29, 0.717) is 12.1 Å². The molecular formula is C12H15FN4. The zero-order valence-electron chi connectivity index (χ0n) is 9.94. The first kappa shape index (κ1) is 11.7. The summed E-state index contributed by atoms with van der Waals surface area (Å²) in [6.45, 7) is 3.34. The minimum atomic E-state index is -0.190. The van der Waals surface area contributed by atoms with Crippen molar-refractivity contribution in [1.29, 1.82) is 0 Å². The Kier molecular flexibility index (Phi) is 3.49. The van der Waals surface area contributed by atoms with E-state index in [9.17, 15) is 4.39 Å². The molecular weight excluding hydrogens is 219 g/mol. The standard InChI is InChI=1S/C12H15FN4/c1-3-14-7-10-6-9(4-5-11(10)13)12-8-15-16-17(12)2/h4-6,8,14H,3,7H2,1-2H3. The number of aromatic nitrogens is 3. The second-order valence-corrected chi connectivity index (χ2v) is 3.83. The summed E-state index contributed by atoms with van der Waals surface area (Å²) >= 11 is 0. The molecule has 0 saturated carbocycles. The Morgan fingerprint density at radius 1 is 1.41 bits per heavy atom. The molecule has 0 bridgehead atoms. The molecule has 0 aliphatic carbocycles. The van der Waals surface area contributed by atoms with E-state index in [0.717, 1.165) is 17.8 Å². The lowest BCUT2D eigenvalue weighted by Gasteiger charge is -2.07. The fourth-order valence-corrected chi connectivity index (χ4v) is 1.68. The molecule has 90 valence electrons. The van der Waals surface area contributed by atoms with Crippen LogP contribution in [0.15, 0.2) is 24.4 Å². The smallest absolute Gasteiger partial charge is 0.127 e. The third kappa shape index (κ3) is 2.50. The monoisotopic (exact) mass is 234 g/mol. The van der Waals surface area contributed by atoms with E-state index in [1.807, 2.05) is 20.0 Å². The lowest BCUT2D eigenvalue weighted by atomic mass is 10.1. The molecule has 2 rings (SSSR count). The minimum absolute atomic E-state index is 0.190. The number of hydrogen-bond donors (Lipinski definition) is 1. The van der Waals surface area contributed by atoms with Crippen molar-refractivity contribution < 1.29 is 4.39 Å². The Balaban J connectivity index is 2.34. The van der Waals surface area contributed by atoms with Gasteiger partial charge in [0.2, 0.25) is 0 Å². The van der Waals surface area contributed by atoms with Crippen molar-refractivity contribution in [3.63, 3.8) is 0 Å². The van der Waals surface area contributed by atoms with Gasteiger partial charge in [-0.25, -0.2) is 9.07 Å². The molecule has 0 amide bonds. The molecule has 0 aliphatic rings. The normalized spacial score (nSPS) is 10.8. The topological polar surface area (TPSA) is 42.7 Å². The van der Waals surface area contributed by atoms with Crippen LogP contribution < -0.4 is 5.32 Å². The van der Waals surface area contributed by atoms with Gasteiger partial charge in [-0.2, -0.15) is 0 Å².